The van der Waals surface area contributed by atoms with Crippen molar-refractivity contribution in [3.05, 3.63) is 41.3 Å². The molecule has 22 heavy (non-hydrogen) atoms. The van der Waals surface area contributed by atoms with E-state index in [9.17, 15) is 0 Å². The average molecular weight is 317 g/mol. The van der Waals surface area contributed by atoms with Crippen LogP contribution in [0.4, 0.5) is 5.82 Å². The molecule has 7 heteroatoms. The van der Waals surface area contributed by atoms with Gasteiger partial charge in [0, 0.05) is 45.1 Å². The van der Waals surface area contributed by atoms with Crippen molar-refractivity contribution in [3.8, 4) is 6.07 Å². The van der Waals surface area contributed by atoms with Crippen molar-refractivity contribution >= 4 is 17.4 Å². The fourth-order valence-corrected chi connectivity index (χ4v) is 2.70. The number of hydrogen-bond donors (Lipinski definition) is 0. The lowest BCUT2D eigenvalue weighted by atomic mass is 10.2. The summed E-state index contributed by atoms with van der Waals surface area (Å²) in [6.07, 6.45) is 5.14. The highest BCUT2D eigenvalue weighted by Gasteiger charge is 2.17. The molecule has 3 rings (SSSR count). The minimum Gasteiger partial charge on any atom is -0.354 e. The SMILES string of the molecule is N#Cc1ccc(N2CCN(CCn3cc(Cl)cn3)CC2)nc1. The van der Waals surface area contributed by atoms with E-state index in [0.29, 0.717) is 10.6 Å². The van der Waals surface area contributed by atoms with Gasteiger partial charge in [-0.3, -0.25) is 9.58 Å². The number of anilines is 1. The summed E-state index contributed by atoms with van der Waals surface area (Å²) in [7, 11) is 0. The Bertz CT molecular complexity index is 651. The molecule has 114 valence electrons. The van der Waals surface area contributed by atoms with Crippen molar-refractivity contribution in [3.63, 3.8) is 0 Å². The Kier molecular flexibility index (Phi) is 4.56. The molecule has 2 aromatic rings. The van der Waals surface area contributed by atoms with Crippen LogP contribution in [0.1, 0.15) is 5.56 Å². The number of aromatic nitrogens is 3. The van der Waals surface area contributed by atoms with Gasteiger partial charge < -0.3 is 4.90 Å². The number of pyridine rings is 1. The van der Waals surface area contributed by atoms with Crippen LogP contribution >= 0.6 is 11.6 Å². The van der Waals surface area contributed by atoms with E-state index in [1.165, 1.54) is 0 Å². The first-order valence-electron chi connectivity index (χ1n) is 7.26. The van der Waals surface area contributed by atoms with Crippen LogP contribution in [0, 0.1) is 11.3 Å². The number of nitrogens with zero attached hydrogens (tertiary/aromatic N) is 6. The van der Waals surface area contributed by atoms with Gasteiger partial charge in [-0.05, 0) is 12.1 Å². The smallest absolute Gasteiger partial charge is 0.128 e. The van der Waals surface area contributed by atoms with Crippen LogP contribution in [0.25, 0.3) is 0 Å². The van der Waals surface area contributed by atoms with Crippen LogP contribution in [0.3, 0.4) is 0 Å². The minimum absolute atomic E-state index is 0.597. The summed E-state index contributed by atoms with van der Waals surface area (Å²) in [6.45, 7) is 5.69. The molecule has 0 radical (unpaired) electrons. The van der Waals surface area contributed by atoms with Gasteiger partial charge in [-0.1, -0.05) is 11.6 Å². The van der Waals surface area contributed by atoms with Gasteiger partial charge in [0.2, 0.25) is 0 Å². The average Bonchev–Trinajstić information content (AvgIpc) is 2.99. The van der Waals surface area contributed by atoms with Gasteiger partial charge in [-0.15, -0.1) is 0 Å². The largest absolute Gasteiger partial charge is 0.354 e. The third-order valence-corrected chi connectivity index (χ3v) is 4.02. The normalized spacial score (nSPS) is 15.7. The second-order valence-corrected chi connectivity index (χ2v) is 5.70. The molecule has 0 bridgehead atoms. The fourth-order valence-electron chi connectivity index (χ4n) is 2.54. The molecule has 2 aromatic heterocycles. The predicted molar refractivity (Wildman–Crippen MR) is 84.8 cm³/mol. The molecule has 0 unspecified atom stereocenters. The van der Waals surface area contributed by atoms with E-state index in [2.05, 4.69) is 26.0 Å². The molecule has 1 aliphatic rings. The molecular weight excluding hydrogens is 300 g/mol. The first-order chi connectivity index (χ1) is 10.7. The molecule has 0 aromatic carbocycles. The van der Waals surface area contributed by atoms with Gasteiger partial charge in [0.1, 0.15) is 11.9 Å². The van der Waals surface area contributed by atoms with E-state index in [4.69, 9.17) is 16.9 Å². The lowest BCUT2D eigenvalue weighted by Crippen LogP contribution is -2.47. The van der Waals surface area contributed by atoms with E-state index in [-0.39, 0.29) is 0 Å². The zero-order valence-electron chi connectivity index (χ0n) is 12.2. The second kappa shape index (κ2) is 6.77. The maximum absolute atomic E-state index is 8.80. The highest BCUT2D eigenvalue weighted by molar-refractivity contribution is 6.30. The van der Waals surface area contributed by atoms with Crippen LogP contribution in [0.2, 0.25) is 5.02 Å². The van der Waals surface area contributed by atoms with Gasteiger partial charge in [0.05, 0.1) is 23.3 Å². The van der Waals surface area contributed by atoms with Gasteiger partial charge >= 0.3 is 0 Å². The number of hydrogen-bond acceptors (Lipinski definition) is 5. The Morgan fingerprint density at radius 3 is 2.55 bits per heavy atom. The molecule has 1 aliphatic heterocycles. The van der Waals surface area contributed by atoms with Crippen LogP contribution in [-0.4, -0.2) is 52.4 Å². The second-order valence-electron chi connectivity index (χ2n) is 5.27. The highest BCUT2D eigenvalue weighted by Crippen LogP contribution is 2.14. The first-order valence-corrected chi connectivity index (χ1v) is 7.64. The molecule has 0 amide bonds. The molecule has 0 atom stereocenters. The van der Waals surface area contributed by atoms with Crippen LogP contribution in [-0.2, 0) is 6.54 Å². The number of nitriles is 1. The molecule has 0 N–H and O–H groups in total. The third-order valence-electron chi connectivity index (χ3n) is 3.82. The standard InChI is InChI=1S/C15H17ClN6/c16-14-11-19-22(12-14)8-5-20-3-6-21(7-4-20)15-2-1-13(9-17)10-18-15/h1-2,10-12H,3-8H2. The quantitative estimate of drug-likeness (QED) is 0.858. The van der Waals surface area contributed by atoms with Crippen molar-refractivity contribution in [1.82, 2.24) is 19.7 Å². The predicted octanol–water partition coefficient (Wildman–Crippen LogP) is 1.63. The third kappa shape index (κ3) is 3.56. The maximum atomic E-state index is 8.80. The van der Waals surface area contributed by atoms with E-state index in [0.717, 1.165) is 45.1 Å². The molecule has 0 aliphatic carbocycles. The summed E-state index contributed by atoms with van der Waals surface area (Å²) in [5, 5.41) is 13.7. The molecule has 1 saturated heterocycles. The van der Waals surface area contributed by atoms with Crippen LogP contribution in [0.5, 0.6) is 0 Å². The number of halogens is 1. The first kappa shape index (κ1) is 14.8. The Hall–Kier alpha value is -2.10. The maximum Gasteiger partial charge on any atom is 0.128 e. The Balaban J connectivity index is 1.48. The summed E-state index contributed by atoms with van der Waals surface area (Å²) in [5.41, 5.74) is 0.597. The van der Waals surface area contributed by atoms with E-state index >= 15 is 0 Å². The fraction of sp³-hybridized carbons (Fsp3) is 0.400. The molecule has 0 spiro atoms. The topological polar surface area (TPSA) is 61.0 Å². The molecular formula is C15H17ClN6. The van der Waals surface area contributed by atoms with Crippen molar-refractivity contribution in [2.45, 2.75) is 6.54 Å². The highest BCUT2D eigenvalue weighted by atomic mass is 35.5. The zero-order chi connectivity index (χ0) is 15.4. The van der Waals surface area contributed by atoms with Crippen molar-refractivity contribution < 1.29 is 0 Å². The van der Waals surface area contributed by atoms with E-state index < -0.39 is 0 Å². The van der Waals surface area contributed by atoms with Crippen LogP contribution < -0.4 is 4.90 Å². The Morgan fingerprint density at radius 2 is 1.95 bits per heavy atom. The lowest BCUT2D eigenvalue weighted by molar-refractivity contribution is 0.244. The Labute approximate surface area is 134 Å². The minimum atomic E-state index is 0.597. The van der Waals surface area contributed by atoms with Gasteiger partial charge in [0.25, 0.3) is 0 Å². The molecule has 0 saturated carbocycles. The number of rotatable bonds is 4. The molecule has 6 nitrogen and oxygen atoms in total. The van der Waals surface area contributed by atoms with E-state index in [1.54, 1.807) is 12.4 Å². The zero-order valence-corrected chi connectivity index (χ0v) is 12.9. The van der Waals surface area contributed by atoms with E-state index in [1.807, 2.05) is 23.0 Å². The van der Waals surface area contributed by atoms with Gasteiger partial charge in [-0.2, -0.15) is 10.4 Å². The summed E-state index contributed by atoms with van der Waals surface area (Å²) in [4.78, 5) is 9.02. The number of piperazine rings is 1. The molecule has 1 fully saturated rings. The van der Waals surface area contributed by atoms with Gasteiger partial charge in [-0.25, -0.2) is 4.98 Å². The lowest BCUT2D eigenvalue weighted by Gasteiger charge is -2.35. The molecule has 3 heterocycles. The van der Waals surface area contributed by atoms with Gasteiger partial charge in [0.15, 0.2) is 0 Å². The van der Waals surface area contributed by atoms with Crippen molar-refractivity contribution in [1.29, 1.82) is 5.26 Å². The summed E-state index contributed by atoms with van der Waals surface area (Å²) in [6, 6.07) is 5.82. The Morgan fingerprint density at radius 1 is 1.14 bits per heavy atom. The van der Waals surface area contributed by atoms with Crippen LogP contribution in [0.15, 0.2) is 30.7 Å². The van der Waals surface area contributed by atoms with Crippen molar-refractivity contribution in [2.75, 3.05) is 37.6 Å². The van der Waals surface area contributed by atoms with Crippen molar-refractivity contribution in [2.24, 2.45) is 0 Å². The summed E-state index contributed by atoms with van der Waals surface area (Å²) < 4.78 is 1.87. The summed E-state index contributed by atoms with van der Waals surface area (Å²) >= 11 is 5.86. The summed E-state index contributed by atoms with van der Waals surface area (Å²) in [5.74, 6) is 0.942. The monoisotopic (exact) mass is 316 g/mol.